The van der Waals surface area contributed by atoms with E-state index in [2.05, 4.69) is 25.8 Å². The summed E-state index contributed by atoms with van der Waals surface area (Å²) in [5.41, 5.74) is 10.2. The highest BCUT2D eigenvalue weighted by Gasteiger charge is 2.13. The first-order valence-electron chi connectivity index (χ1n) is 6.87. The normalized spacial score (nSPS) is 11.2. The first kappa shape index (κ1) is 13.7. The van der Waals surface area contributed by atoms with Crippen molar-refractivity contribution in [2.45, 2.75) is 40.0 Å². The minimum Gasteiger partial charge on any atom is -0.494 e. The van der Waals surface area contributed by atoms with Crippen molar-refractivity contribution >= 4 is 16.6 Å². The summed E-state index contributed by atoms with van der Waals surface area (Å²) in [5, 5.41) is 0.989. The van der Waals surface area contributed by atoms with Gasteiger partial charge in [-0.3, -0.25) is 4.98 Å². The highest BCUT2D eigenvalue weighted by atomic mass is 16.5. The van der Waals surface area contributed by atoms with Gasteiger partial charge >= 0.3 is 0 Å². The Balaban J connectivity index is 2.57. The average molecular weight is 258 g/mol. The lowest BCUT2D eigenvalue weighted by molar-refractivity contribution is 0.318. The van der Waals surface area contributed by atoms with Crippen LogP contribution in [0.4, 0.5) is 5.69 Å². The second-order valence-corrected chi connectivity index (χ2v) is 5.21. The second-order valence-electron chi connectivity index (χ2n) is 5.21. The number of nitrogens with zero attached hydrogens (tertiary/aromatic N) is 1. The molecule has 0 saturated heterocycles. The number of rotatable bonds is 4. The van der Waals surface area contributed by atoms with Crippen molar-refractivity contribution in [2.75, 3.05) is 12.3 Å². The molecule has 19 heavy (non-hydrogen) atoms. The Bertz CT molecular complexity index is 591. The van der Waals surface area contributed by atoms with Crippen molar-refractivity contribution < 1.29 is 4.74 Å². The van der Waals surface area contributed by atoms with Crippen molar-refractivity contribution in [3.05, 3.63) is 29.5 Å². The Morgan fingerprint density at radius 1 is 1.32 bits per heavy atom. The summed E-state index contributed by atoms with van der Waals surface area (Å²) < 4.78 is 5.67. The predicted molar refractivity (Wildman–Crippen MR) is 80.8 cm³/mol. The zero-order chi connectivity index (χ0) is 14.0. The van der Waals surface area contributed by atoms with Crippen LogP contribution in [0.15, 0.2) is 18.2 Å². The molecule has 102 valence electrons. The van der Waals surface area contributed by atoms with Crippen LogP contribution in [-0.4, -0.2) is 11.6 Å². The highest BCUT2D eigenvalue weighted by Crippen LogP contribution is 2.32. The maximum Gasteiger partial charge on any atom is 0.120 e. The number of fused-ring (bicyclic) bond motifs is 1. The Hall–Kier alpha value is -1.77. The molecule has 2 rings (SSSR count). The molecule has 0 atom stereocenters. The van der Waals surface area contributed by atoms with E-state index in [4.69, 9.17) is 10.5 Å². The van der Waals surface area contributed by atoms with Gasteiger partial charge in [0, 0.05) is 16.8 Å². The minimum absolute atomic E-state index is 0.372. The van der Waals surface area contributed by atoms with Crippen LogP contribution in [0.2, 0.25) is 0 Å². The van der Waals surface area contributed by atoms with Crippen molar-refractivity contribution in [3.63, 3.8) is 0 Å². The zero-order valence-corrected chi connectivity index (χ0v) is 12.2. The van der Waals surface area contributed by atoms with Gasteiger partial charge in [-0.15, -0.1) is 0 Å². The van der Waals surface area contributed by atoms with E-state index in [1.807, 2.05) is 25.1 Å². The smallest absolute Gasteiger partial charge is 0.120 e. The van der Waals surface area contributed by atoms with E-state index in [0.29, 0.717) is 5.92 Å². The Labute approximate surface area is 114 Å². The van der Waals surface area contributed by atoms with E-state index in [-0.39, 0.29) is 0 Å². The van der Waals surface area contributed by atoms with Gasteiger partial charge in [0.05, 0.1) is 12.1 Å². The Morgan fingerprint density at radius 2 is 2.05 bits per heavy atom. The van der Waals surface area contributed by atoms with Crippen LogP contribution in [0.25, 0.3) is 10.9 Å². The number of nitrogen functional groups attached to an aromatic ring is 1. The number of hydrogen-bond donors (Lipinski definition) is 1. The molecule has 0 fully saturated rings. The van der Waals surface area contributed by atoms with Crippen LogP contribution < -0.4 is 10.5 Å². The molecule has 1 aromatic heterocycles. The van der Waals surface area contributed by atoms with Crippen LogP contribution in [0.5, 0.6) is 5.75 Å². The van der Waals surface area contributed by atoms with Crippen LogP contribution in [-0.2, 0) is 0 Å². The number of anilines is 1. The summed E-state index contributed by atoms with van der Waals surface area (Å²) in [6.45, 7) is 9.12. The predicted octanol–water partition coefficient (Wildman–Crippen LogP) is 4.04. The standard InChI is InChI=1S/C16H22N2O/c1-5-8-19-12-6-7-14-13(9-12)16(17)15(10(2)3)11(4)18-14/h6-7,9-10H,5,8H2,1-4H3,(H2,17,18). The van der Waals surface area contributed by atoms with Crippen LogP contribution in [0.1, 0.15) is 44.4 Å². The van der Waals surface area contributed by atoms with E-state index in [0.717, 1.165) is 46.6 Å². The lowest BCUT2D eigenvalue weighted by atomic mass is 9.97. The van der Waals surface area contributed by atoms with Gasteiger partial charge in [0.2, 0.25) is 0 Å². The number of aromatic nitrogens is 1. The summed E-state index contributed by atoms with van der Waals surface area (Å²) in [7, 11) is 0. The molecular weight excluding hydrogens is 236 g/mol. The maximum absolute atomic E-state index is 6.32. The minimum atomic E-state index is 0.372. The number of hydrogen-bond acceptors (Lipinski definition) is 3. The molecule has 3 heteroatoms. The summed E-state index contributed by atoms with van der Waals surface area (Å²) in [6.07, 6.45) is 0.997. The highest BCUT2D eigenvalue weighted by molar-refractivity contribution is 5.93. The second kappa shape index (κ2) is 5.47. The van der Waals surface area contributed by atoms with Gasteiger partial charge in [-0.25, -0.2) is 0 Å². The lowest BCUT2D eigenvalue weighted by Gasteiger charge is -2.15. The van der Waals surface area contributed by atoms with Gasteiger partial charge in [0.15, 0.2) is 0 Å². The quantitative estimate of drug-likeness (QED) is 0.900. The molecule has 2 N–H and O–H groups in total. The van der Waals surface area contributed by atoms with Crippen LogP contribution in [0, 0.1) is 6.92 Å². The number of pyridine rings is 1. The van der Waals surface area contributed by atoms with E-state index in [9.17, 15) is 0 Å². The van der Waals surface area contributed by atoms with Gasteiger partial charge in [-0.05, 0) is 43.0 Å². The monoisotopic (exact) mass is 258 g/mol. The van der Waals surface area contributed by atoms with E-state index >= 15 is 0 Å². The number of nitrogens with two attached hydrogens (primary N) is 1. The number of benzene rings is 1. The van der Waals surface area contributed by atoms with Crippen molar-refractivity contribution in [1.82, 2.24) is 4.98 Å². The molecule has 1 heterocycles. The summed E-state index contributed by atoms with van der Waals surface area (Å²) >= 11 is 0. The molecule has 1 aromatic carbocycles. The van der Waals surface area contributed by atoms with Gasteiger partial charge in [0.1, 0.15) is 5.75 Å². The molecular formula is C16H22N2O. The molecule has 0 saturated carbocycles. The fraction of sp³-hybridized carbons (Fsp3) is 0.438. The molecule has 2 aromatic rings. The van der Waals surface area contributed by atoms with Gasteiger partial charge in [0.25, 0.3) is 0 Å². The molecule has 0 unspecified atom stereocenters. The van der Waals surface area contributed by atoms with Crippen LogP contribution >= 0.6 is 0 Å². The molecule has 3 nitrogen and oxygen atoms in total. The molecule has 0 aliphatic heterocycles. The lowest BCUT2D eigenvalue weighted by Crippen LogP contribution is -2.03. The van der Waals surface area contributed by atoms with Crippen molar-refractivity contribution in [2.24, 2.45) is 0 Å². The van der Waals surface area contributed by atoms with Crippen LogP contribution in [0.3, 0.4) is 0 Å². The van der Waals surface area contributed by atoms with Crippen molar-refractivity contribution in [3.8, 4) is 5.75 Å². The molecule has 0 aliphatic rings. The summed E-state index contributed by atoms with van der Waals surface area (Å²) in [4.78, 5) is 4.64. The van der Waals surface area contributed by atoms with E-state index in [1.54, 1.807) is 0 Å². The third-order valence-electron chi connectivity index (χ3n) is 3.28. The number of aryl methyl sites for hydroxylation is 1. The van der Waals surface area contributed by atoms with E-state index < -0.39 is 0 Å². The first-order valence-corrected chi connectivity index (χ1v) is 6.87. The topological polar surface area (TPSA) is 48.1 Å². The molecule has 0 aliphatic carbocycles. The summed E-state index contributed by atoms with van der Waals surface area (Å²) in [6, 6.07) is 5.94. The Kier molecular flexibility index (Phi) is 3.93. The number of ether oxygens (including phenoxy) is 1. The fourth-order valence-electron chi connectivity index (χ4n) is 2.45. The largest absolute Gasteiger partial charge is 0.494 e. The van der Waals surface area contributed by atoms with Crippen molar-refractivity contribution in [1.29, 1.82) is 0 Å². The first-order chi connectivity index (χ1) is 9.04. The fourth-order valence-corrected chi connectivity index (χ4v) is 2.45. The third-order valence-corrected chi connectivity index (χ3v) is 3.28. The third kappa shape index (κ3) is 2.65. The van der Waals surface area contributed by atoms with Gasteiger partial charge in [-0.2, -0.15) is 0 Å². The van der Waals surface area contributed by atoms with E-state index in [1.165, 1.54) is 0 Å². The maximum atomic E-state index is 6.32. The van der Waals surface area contributed by atoms with Gasteiger partial charge < -0.3 is 10.5 Å². The SMILES string of the molecule is CCCOc1ccc2nc(C)c(C(C)C)c(N)c2c1. The zero-order valence-electron chi connectivity index (χ0n) is 12.2. The average Bonchev–Trinajstić information content (AvgIpc) is 2.36. The molecule has 0 bridgehead atoms. The summed E-state index contributed by atoms with van der Waals surface area (Å²) in [5.74, 6) is 1.23. The molecule has 0 spiro atoms. The van der Waals surface area contributed by atoms with Gasteiger partial charge in [-0.1, -0.05) is 20.8 Å². The molecule has 0 radical (unpaired) electrons. The molecule has 0 amide bonds. The Morgan fingerprint density at radius 3 is 2.68 bits per heavy atom.